The Labute approximate surface area is 108 Å². The van der Waals surface area contributed by atoms with Crippen LogP contribution in [0.2, 0.25) is 0 Å². The molecule has 0 spiro atoms. The number of nitrogens with two attached hydrogens (primary N) is 1. The molecule has 0 aliphatic rings. The summed E-state index contributed by atoms with van der Waals surface area (Å²) in [4.78, 5) is 13.5. The highest BCUT2D eigenvalue weighted by Crippen LogP contribution is 2.27. The maximum absolute atomic E-state index is 10.9. The molecule has 0 saturated heterocycles. The Morgan fingerprint density at radius 1 is 1.69 bits per heavy atom. The van der Waals surface area contributed by atoms with Crippen LogP contribution in [-0.2, 0) is 16.0 Å². The minimum atomic E-state index is -0.195. The summed E-state index contributed by atoms with van der Waals surface area (Å²) in [6.07, 6.45) is 1.87. The van der Waals surface area contributed by atoms with Crippen LogP contribution in [0.1, 0.15) is 22.6 Å². The van der Waals surface area contributed by atoms with Crippen molar-refractivity contribution >= 4 is 33.2 Å². The molecule has 0 radical (unpaired) electrons. The zero-order chi connectivity index (χ0) is 12.1. The van der Waals surface area contributed by atoms with E-state index in [1.807, 2.05) is 0 Å². The lowest BCUT2D eigenvalue weighted by Gasteiger charge is -2.08. The number of hydrogen-bond acceptors (Lipinski definition) is 4. The van der Waals surface area contributed by atoms with Crippen molar-refractivity contribution in [3.63, 3.8) is 0 Å². The highest BCUT2D eigenvalue weighted by atomic mass is 79.9. The number of halogens is 1. The molecule has 0 aliphatic heterocycles. The fourth-order valence-electron chi connectivity index (χ4n) is 1.38. The van der Waals surface area contributed by atoms with Gasteiger partial charge in [-0.05, 0) is 41.8 Å². The molecule has 1 heterocycles. The summed E-state index contributed by atoms with van der Waals surface area (Å²) in [5.41, 5.74) is 5.95. The summed E-state index contributed by atoms with van der Waals surface area (Å²) in [7, 11) is 1.40. The first-order valence-corrected chi connectivity index (χ1v) is 6.71. The monoisotopic (exact) mass is 305 g/mol. The van der Waals surface area contributed by atoms with E-state index in [-0.39, 0.29) is 12.0 Å². The zero-order valence-corrected chi connectivity index (χ0v) is 11.9. The molecule has 0 fully saturated rings. The minimum Gasteiger partial charge on any atom is -0.469 e. The van der Waals surface area contributed by atoms with Crippen LogP contribution in [0.3, 0.4) is 0 Å². The van der Waals surface area contributed by atoms with Gasteiger partial charge in [0.25, 0.3) is 0 Å². The van der Waals surface area contributed by atoms with Gasteiger partial charge in [-0.1, -0.05) is 0 Å². The van der Waals surface area contributed by atoms with Crippen LogP contribution in [0.5, 0.6) is 0 Å². The van der Waals surface area contributed by atoms with E-state index in [4.69, 9.17) is 5.73 Å². The van der Waals surface area contributed by atoms with Crippen LogP contribution in [0.25, 0.3) is 0 Å². The molecule has 0 saturated carbocycles. The first-order valence-electron chi connectivity index (χ1n) is 5.10. The van der Waals surface area contributed by atoms with Crippen molar-refractivity contribution in [1.82, 2.24) is 0 Å². The van der Waals surface area contributed by atoms with Gasteiger partial charge in [0.2, 0.25) is 0 Å². The fraction of sp³-hybridized carbons (Fsp3) is 0.545. The quantitative estimate of drug-likeness (QED) is 0.851. The third kappa shape index (κ3) is 4.23. The highest BCUT2D eigenvalue weighted by molar-refractivity contribution is 9.10. The van der Waals surface area contributed by atoms with Crippen molar-refractivity contribution in [2.45, 2.75) is 32.2 Å². The molecular formula is C11H16BrNO2S. The molecule has 1 atom stereocenters. The van der Waals surface area contributed by atoms with Crippen molar-refractivity contribution in [3.05, 3.63) is 20.3 Å². The van der Waals surface area contributed by atoms with Crippen molar-refractivity contribution in [1.29, 1.82) is 0 Å². The molecule has 90 valence electrons. The molecule has 5 heteroatoms. The van der Waals surface area contributed by atoms with Gasteiger partial charge in [-0.15, -0.1) is 11.3 Å². The lowest BCUT2D eigenvalue weighted by molar-refractivity contribution is -0.140. The molecule has 1 unspecified atom stereocenters. The number of hydrogen-bond donors (Lipinski definition) is 1. The average Bonchev–Trinajstić information content (AvgIpc) is 2.54. The lowest BCUT2D eigenvalue weighted by atomic mass is 10.1. The molecule has 1 aromatic heterocycles. The van der Waals surface area contributed by atoms with Gasteiger partial charge in [0, 0.05) is 26.7 Å². The number of methoxy groups -OCH3 is 1. The van der Waals surface area contributed by atoms with Gasteiger partial charge in [-0.25, -0.2) is 0 Å². The Balaban J connectivity index is 2.39. The molecule has 0 aliphatic carbocycles. The highest BCUT2D eigenvalue weighted by Gasteiger charge is 2.10. The Morgan fingerprint density at radius 3 is 2.88 bits per heavy atom. The van der Waals surface area contributed by atoms with Gasteiger partial charge < -0.3 is 10.5 Å². The fourth-order valence-corrected chi connectivity index (χ4v) is 3.08. The molecule has 1 aromatic rings. The minimum absolute atomic E-state index is 0.0176. The largest absolute Gasteiger partial charge is 0.469 e. The maximum atomic E-state index is 10.9. The molecule has 1 rings (SSSR count). The van der Waals surface area contributed by atoms with Crippen LogP contribution in [-0.4, -0.2) is 19.1 Å². The third-order valence-electron chi connectivity index (χ3n) is 2.32. The van der Waals surface area contributed by atoms with Gasteiger partial charge >= 0.3 is 5.97 Å². The topological polar surface area (TPSA) is 52.3 Å². The van der Waals surface area contributed by atoms with Gasteiger partial charge in [-0.3, -0.25) is 4.79 Å². The van der Waals surface area contributed by atoms with Gasteiger partial charge in [0.1, 0.15) is 0 Å². The summed E-state index contributed by atoms with van der Waals surface area (Å²) in [6, 6.07) is 2.11. The van der Waals surface area contributed by atoms with Crippen LogP contribution >= 0.6 is 27.3 Å². The standard InChI is InChI=1S/C11H16BrNO2S/c1-7-10(12)6-9(16-7)5-8(13)3-4-11(14)15-2/h6,8H,3-5,13H2,1-2H3. The van der Waals surface area contributed by atoms with Crippen molar-refractivity contribution in [2.75, 3.05) is 7.11 Å². The lowest BCUT2D eigenvalue weighted by Crippen LogP contribution is -2.23. The van der Waals surface area contributed by atoms with E-state index < -0.39 is 0 Å². The van der Waals surface area contributed by atoms with Crippen LogP contribution in [0.4, 0.5) is 0 Å². The predicted octanol–water partition coefficient (Wildman–Crippen LogP) is 2.64. The predicted molar refractivity (Wildman–Crippen MR) is 69.7 cm³/mol. The normalized spacial score (nSPS) is 12.5. The number of aryl methyl sites for hydroxylation is 1. The number of carbonyl (C=O) groups is 1. The number of ether oxygens (including phenoxy) is 1. The number of rotatable bonds is 5. The van der Waals surface area contributed by atoms with Crippen LogP contribution < -0.4 is 5.73 Å². The SMILES string of the molecule is COC(=O)CCC(N)Cc1cc(Br)c(C)s1. The Morgan fingerprint density at radius 2 is 2.38 bits per heavy atom. The third-order valence-corrected chi connectivity index (χ3v) is 4.48. The Kier molecular flexibility index (Phi) is 5.44. The van der Waals surface area contributed by atoms with E-state index in [0.29, 0.717) is 12.8 Å². The Hall–Kier alpha value is -0.390. The van der Waals surface area contributed by atoms with Crippen molar-refractivity contribution in [3.8, 4) is 0 Å². The molecule has 0 aromatic carbocycles. The molecular weight excluding hydrogens is 290 g/mol. The average molecular weight is 306 g/mol. The van der Waals surface area contributed by atoms with Gasteiger partial charge in [-0.2, -0.15) is 0 Å². The summed E-state index contributed by atoms with van der Waals surface area (Å²) in [6.45, 7) is 2.07. The van der Waals surface area contributed by atoms with Crippen LogP contribution in [0.15, 0.2) is 10.5 Å². The maximum Gasteiger partial charge on any atom is 0.305 e. The Bertz CT molecular complexity index is 345. The summed E-state index contributed by atoms with van der Waals surface area (Å²) >= 11 is 5.21. The number of thiophene rings is 1. The molecule has 0 bridgehead atoms. The molecule has 16 heavy (non-hydrogen) atoms. The van der Waals surface area contributed by atoms with Crippen molar-refractivity contribution < 1.29 is 9.53 Å². The summed E-state index contributed by atoms with van der Waals surface area (Å²) < 4.78 is 5.71. The van der Waals surface area contributed by atoms with E-state index in [1.54, 1.807) is 11.3 Å². The molecule has 0 amide bonds. The van der Waals surface area contributed by atoms with Crippen LogP contribution in [0, 0.1) is 6.92 Å². The second kappa shape index (κ2) is 6.37. The van der Waals surface area contributed by atoms with E-state index in [2.05, 4.69) is 33.7 Å². The van der Waals surface area contributed by atoms with Gasteiger partial charge in [0.15, 0.2) is 0 Å². The van der Waals surface area contributed by atoms with E-state index in [9.17, 15) is 4.79 Å². The first kappa shape index (κ1) is 13.7. The molecule has 2 N–H and O–H groups in total. The smallest absolute Gasteiger partial charge is 0.305 e. The summed E-state index contributed by atoms with van der Waals surface area (Å²) in [5, 5.41) is 0. The van der Waals surface area contributed by atoms with E-state index in [0.717, 1.165) is 10.9 Å². The van der Waals surface area contributed by atoms with E-state index >= 15 is 0 Å². The number of carbonyl (C=O) groups excluding carboxylic acids is 1. The van der Waals surface area contributed by atoms with E-state index in [1.165, 1.54) is 16.9 Å². The second-order valence-corrected chi connectivity index (χ2v) is 5.89. The zero-order valence-electron chi connectivity index (χ0n) is 9.46. The van der Waals surface area contributed by atoms with Gasteiger partial charge in [0.05, 0.1) is 7.11 Å². The summed E-state index contributed by atoms with van der Waals surface area (Å²) in [5.74, 6) is -0.195. The number of esters is 1. The molecule has 3 nitrogen and oxygen atoms in total. The van der Waals surface area contributed by atoms with Crippen molar-refractivity contribution in [2.24, 2.45) is 5.73 Å². The first-order chi connectivity index (χ1) is 7.52. The second-order valence-electron chi connectivity index (χ2n) is 3.70.